The molecule has 0 aliphatic heterocycles. The van der Waals surface area contributed by atoms with Crippen LogP contribution in [0.15, 0.2) is 0 Å². The molecule has 0 aromatic rings. The molecule has 0 fully saturated rings. The Kier molecular flexibility index (Phi) is 7.59. The Morgan fingerprint density at radius 3 is 1.47 bits per heavy atom. The minimum Gasteiger partial charge on any atom is -0.468 e. The quantitative estimate of drug-likeness (QED) is 0.486. The molecule has 0 aliphatic rings. The second-order valence-electron chi connectivity index (χ2n) is 4.27. The molecule has 0 rings (SSSR count). The van der Waals surface area contributed by atoms with E-state index in [9.17, 15) is 9.59 Å². The van der Waals surface area contributed by atoms with Gasteiger partial charge < -0.3 is 9.47 Å². The summed E-state index contributed by atoms with van der Waals surface area (Å²) in [6, 6.07) is 0. The molecule has 0 amide bonds. The van der Waals surface area contributed by atoms with Gasteiger partial charge in [0.1, 0.15) is 0 Å². The van der Waals surface area contributed by atoms with E-state index in [0.29, 0.717) is 12.8 Å². The lowest BCUT2D eigenvalue weighted by molar-refractivity contribution is -0.170. The fraction of sp³-hybridized carbons (Fsp3) is 0.846. The molecule has 100 valence electrons. The van der Waals surface area contributed by atoms with Gasteiger partial charge in [0.15, 0.2) is 5.41 Å². The molecule has 0 aromatic carbocycles. The molecule has 0 atom stereocenters. The summed E-state index contributed by atoms with van der Waals surface area (Å²) in [7, 11) is 2.63. The largest absolute Gasteiger partial charge is 0.468 e. The van der Waals surface area contributed by atoms with Crippen molar-refractivity contribution in [2.75, 3.05) is 14.2 Å². The smallest absolute Gasteiger partial charge is 0.323 e. The van der Waals surface area contributed by atoms with E-state index in [0.717, 1.165) is 25.7 Å². The van der Waals surface area contributed by atoms with E-state index in [2.05, 4.69) is 0 Å². The Morgan fingerprint density at radius 1 is 0.882 bits per heavy atom. The van der Waals surface area contributed by atoms with Gasteiger partial charge in [-0.1, -0.05) is 39.5 Å². The molecule has 0 bridgehead atoms. The van der Waals surface area contributed by atoms with Crippen LogP contribution in [0.25, 0.3) is 0 Å². The van der Waals surface area contributed by atoms with Crippen molar-refractivity contribution < 1.29 is 19.1 Å². The Morgan fingerprint density at radius 2 is 1.24 bits per heavy atom. The van der Waals surface area contributed by atoms with Gasteiger partial charge in [-0.2, -0.15) is 0 Å². The summed E-state index contributed by atoms with van der Waals surface area (Å²) in [5.74, 6) is -0.933. The van der Waals surface area contributed by atoms with Gasteiger partial charge in [-0.15, -0.1) is 0 Å². The van der Waals surface area contributed by atoms with Gasteiger partial charge in [-0.25, -0.2) is 0 Å². The lowest BCUT2D eigenvalue weighted by Crippen LogP contribution is -2.41. The van der Waals surface area contributed by atoms with Crippen molar-refractivity contribution >= 4 is 11.9 Å². The third-order valence-corrected chi connectivity index (χ3v) is 3.07. The van der Waals surface area contributed by atoms with Crippen LogP contribution < -0.4 is 0 Å². The number of methoxy groups -OCH3 is 2. The van der Waals surface area contributed by atoms with Gasteiger partial charge in [0.25, 0.3) is 0 Å². The topological polar surface area (TPSA) is 52.6 Å². The molecule has 0 saturated heterocycles. The second kappa shape index (κ2) is 8.09. The molecule has 4 nitrogen and oxygen atoms in total. The molecule has 4 heteroatoms. The van der Waals surface area contributed by atoms with E-state index in [1.165, 1.54) is 14.2 Å². The zero-order valence-corrected chi connectivity index (χ0v) is 11.4. The number of carbonyl (C=O) groups is 2. The van der Waals surface area contributed by atoms with Crippen LogP contribution in [0.3, 0.4) is 0 Å². The van der Waals surface area contributed by atoms with Crippen LogP contribution in [-0.2, 0) is 19.1 Å². The predicted octanol–water partition coefficient (Wildman–Crippen LogP) is 2.70. The Hall–Kier alpha value is -1.06. The first kappa shape index (κ1) is 15.9. The number of unbranched alkanes of at least 4 members (excludes halogenated alkanes) is 2. The fourth-order valence-corrected chi connectivity index (χ4v) is 1.96. The Labute approximate surface area is 104 Å². The van der Waals surface area contributed by atoms with E-state index in [1.807, 2.05) is 13.8 Å². The van der Waals surface area contributed by atoms with Crippen LogP contribution in [-0.4, -0.2) is 26.2 Å². The van der Waals surface area contributed by atoms with Gasteiger partial charge in [-0.3, -0.25) is 9.59 Å². The first-order valence-electron chi connectivity index (χ1n) is 6.25. The third kappa shape index (κ3) is 4.02. The number of rotatable bonds is 8. The average Bonchev–Trinajstić information content (AvgIpc) is 2.37. The highest BCUT2D eigenvalue weighted by atomic mass is 16.5. The van der Waals surface area contributed by atoms with Gasteiger partial charge >= 0.3 is 11.9 Å². The van der Waals surface area contributed by atoms with Crippen molar-refractivity contribution in [3.8, 4) is 0 Å². The maximum atomic E-state index is 11.9. The van der Waals surface area contributed by atoms with Crippen LogP contribution in [0.2, 0.25) is 0 Å². The second-order valence-corrected chi connectivity index (χ2v) is 4.27. The van der Waals surface area contributed by atoms with Gasteiger partial charge in [0.05, 0.1) is 14.2 Å². The number of ether oxygens (including phenoxy) is 2. The molecule has 0 unspecified atom stereocenters. The maximum Gasteiger partial charge on any atom is 0.323 e. The molecule has 0 radical (unpaired) electrons. The Bertz CT molecular complexity index is 222. The number of hydrogen-bond donors (Lipinski definition) is 0. The van der Waals surface area contributed by atoms with E-state index in [1.54, 1.807) is 0 Å². The first-order chi connectivity index (χ1) is 8.08. The zero-order valence-electron chi connectivity index (χ0n) is 11.4. The fourth-order valence-electron chi connectivity index (χ4n) is 1.96. The van der Waals surface area contributed by atoms with Crippen molar-refractivity contribution in [1.82, 2.24) is 0 Å². The third-order valence-electron chi connectivity index (χ3n) is 3.07. The van der Waals surface area contributed by atoms with Gasteiger partial charge in [-0.05, 0) is 12.8 Å². The number of hydrogen-bond acceptors (Lipinski definition) is 4. The van der Waals surface area contributed by atoms with Crippen LogP contribution in [0.1, 0.15) is 52.4 Å². The van der Waals surface area contributed by atoms with Gasteiger partial charge in [0, 0.05) is 0 Å². The van der Waals surface area contributed by atoms with Crippen molar-refractivity contribution in [2.45, 2.75) is 52.4 Å². The predicted molar refractivity (Wildman–Crippen MR) is 65.5 cm³/mol. The minimum absolute atomic E-state index is 0.466. The highest BCUT2D eigenvalue weighted by molar-refractivity contribution is 5.99. The van der Waals surface area contributed by atoms with Crippen LogP contribution in [0, 0.1) is 5.41 Å². The Balaban J connectivity index is 5.04. The standard InChI is InChI=1S/C13H24O4/c1-5-7-9-13(10-8-6-2,11(14)16-3)12(15)17-4/h5-10H2,1-4H3. The zero-order chi connectivity index (χ0) is 13.3. The summed E-state index contributed by atoms with van der Waals surface area (Å²) >= 11 is 0. The normalized spacial score (nSPS) is 11.1. The molecule has 0 aromatic heterocycles. The van der Waals surface area contributed by atoms with Crippen molar-refractivity contribution in [3.05, 3.63) is 0 Å². The summed E-state index contributed by atoms with van der Waals surface area (Å²) in [6.07, 6.45) is 4.50. The molecular weight excluding hydrogens is 220 g/mol. The van der Waals surface area contributed by atoms with E-state index in [4.69, 9.17) is 9.47 Å². The van der Waals surface area contributed by atoms with Crippen LogP contribution in [0.4, 0.5) is 0 Å². The average molecular weight is 244 g/mol. The maximum absolute atomic E-state index is 11.9. The number of esters is 2. The first-order valence-corrected chi connectivity index (χ1v) is 6.25. The van der Waals surface area contributed by atoms with E-state index in [-0.39, 0.29) is 0 Å². The molecule has 0 spiro atoms. The van der Waals surface area contributed by atoms with E-state index < -0.39 is 17.4 Å². The van der Waals surface area contributed by atoms with E-state index >= 15 is 0 Å². The summed E-state index contributed by atoms with van der Waals surface area (Å²) in [5.41, 5.74) is -1.10. The lowest BCUT2D eigenvalue weighted by Gasteiger charge is -2.28. The highest BCUT2D eigenvalue weighted by Gasteiger charge is 2.46. The minimum atomic E-state index is -1.10. The highest BCUT2D eigenvalue weighted by Crippen LogP contribution is 2.34. The molecule has 0 N–H and O–H groups in total. The molecule has 0 saturated carbocycles. The van der Waals surface area contributed by atoms with Gasteiger partial charge in [0.2, 0.25) is 0 Å². The summed E-state index contributed by atoms with van der Waals surface area (Å²) in [6.45, 7) is 4.05. The van der Waals surface area contributed by atoms with Crippen molar-refractivity contribution in [2.24, 2.45) is 5.41 Å². The summed E-state index contributed by atoms with van der Waals surface area (Å²) in [5, 5.41) is 0. The molecule has 0 heterocycles. The molecule has 17 heavy (non-hydrogen) atoms. The number of carbonyl (C=O) groups excluding carboxylic acids is 2. The SMILES string of the molecule is CCCCC(CCCC)(C(=O)OC)C(=O)OC. The lowest BCUT2D eigenvalue weighted by atomic mass is 9.78. The van der Waals surface area contributed by atoms with Crippen LogP contribution >= 0.6 is 0 Å². The van der Waals surface area contributed by atoms with Crippen molar-refractivity contribution in [1.29, 1.82) is 0 Å². The van der Waals surface area contributed by atoms with Crippen molar-refractivity contribution in [3.63, 3.8) is 0 Å². The molecule has 0 aliphatic carbocycles. The monoisotopic (exact) mass is 244 g/mol. The summed E-state index contributed by atoms with van der Waals surface area (Å²) < 4.78 is 9.59. The molecular formula is C13H24O4. The van der Waals surface area contributed by atoms with Crippen LogP contribution in [0.5, 0.6) is 0 Å². The summed E-state index contributed by atoms with van der Waals surface area (Å²) in [4.78, 5) is 23.8.